The lowest BCUT2D eigenvalue weighted by Crippen LogP contribution is -2.11. The van der Waals surface area contributed by atoms with E-state index in [1.165, 1.54) is 23.5 Å². The van der Waals surface area contributed by atoms with E-state index in [0.29, 0.717) is 5.00 Å². The Kier molecular flexibility index (Phi) is 5.08. The lowest BCUT2D eigenvalue weighted by atomic mass is 10.2. The molecule has 0 unspecified atom stereocenters. The van der Waals surface area contributed by atoms with Gasteiger partial charge in [-0.25, -0.2) is 5.48 Å². The Morgan fingerprint density at radius 3 is 2.36 bits per heavy atom. The van der Waals surface area contributed by atoms with Crippen molar-refractivity contribution in [3.8, 4) is 0 Å². The monoisotopic (exact) mass is 374 g/mol. The molecule has 0 saturated carbocycles. The minimum absolute atomic E-state index is 0.107. The summed E-state index contributed by atoms with van der Waals surface area (Å²) in [6.07, 6.45) is 0. The van der Waals surface area contributed by atoms with Crippen LogP contribution in [-0.2, 0) is 14.4 Å². The average molecular weight is 374 g/mol. The van der Waals surface area contributed by atoms with Crippen LogP contribution in [0, 0.1) is 13.8 Å². The Morgan fingerprint density at radius 1 is 0.920 bits per heavy atom. The van der Waals surface area contributed by atoms with Crippen molar-refractivity contribution in [2.24, 2.45) is 0 Å². The molecule has 0 bridgehead atoms. The van der Waals surface area contributed by atoms with Crippen molar-refractivity contribution in [3.63, 3.8) is 0 Å². The molecule has 2 N–H and O–H groups in total. The Morgan fingerprint density at radius 2 is 1.64 bits per heavy atom. The maximum absolute atomic E-state index is 12.3. The summed E-state index contributed by atoms with van der Waals surface area (Å²) in [5, 5.41) is 5.71. The minimum Gasteiger partial charge on any atom is -0.353 e. The number of hydrogen-bond acceptors (Lipinski definition) is 6. The molecule has 5 nitrogen and oxygen atoms in total. The molecule has 1 aromatic heterocycles. The molecular formula is C18H18N2O3S2. The zero-order chi connectivity index (χ0) is 17.9. The zero-order valence-corrected chi connectivity index (χ0v) is 15.4. The fourth-order valence-corrected chi connectivity index (χ4v) is 3.68. The van der Waals surface area contributed by atoms with E-state index in [1.54, 1.807) is 12.1 Å². The third-order valence-corrected chi connectivity index (χ3v) is 5.60. The van der Waals surface area contributed by atoms with Crippen molar-refractivity contribution in [1.82, 2.24) is 0 Å². The van der Waals surface area contributed by atoms with E-state index in [2.05, 4.69) is 10.8 Å². The molecule has 0 fully saturated rings. The van der Waals surface area contributed by atoms with Crippen LogP contribution in [0.5, 0.6) is 0 Å². The van der Waals surface area contributed by atoms with Crippen LogP contribution in [0.2, 0.25) is 0 Å². The molecule has 3 aromatic rings. The summed E-state index contributed by atoms with van der Waals surface area (Å²) >= 11 is 1.35. The third kappa shape index (κ3) is 4.19. The van der Waals surface area contributed by atoms with Gasteiger partial charge in [-0.1, -0.05) is 35.9 Å². The molecule has 0 aliphatic heterocycles. The summed E-state index contributed by atoms with van der Waals surface area (Å²) in [7, 11) is -3.88. The van der Waals surface area contributed by atoms with Crippen LogP contribution in [0.4, 0.5) is 16.4 Å². The van der Waals surface area contributed by atoms with Crippen LogP contribution in [-0.4, -0.2) is 8.42 Å². The molecule has 25 heavy (non-hydrogen) atoms. The quantitative estimate of drug-likeness (QED) is 0.604. The van der Waals surface area contributed by atoms with E-state index in [4.69, 9.17) is 4.28 Å². The van der Waals surface area contributed by atoms with Crippen molar-refractivity contribution in [2.75, 3.05) is 10.8 Å². The predicted octanol–water partition coefficient (Wildman–Crippen LogP) is 4.84. The zero-order valence-electron chi connectivity index (χ0n) is 13.8. The van der Waals surface area contributed by atoms with Gasteiger partial charge in [-0.2, -0.15) is 8.42 Å². The van der Waals surface area contributed by atoms with Gasteiger partial charge in [-0.3, -0.25) is 0 Å². The van der Waals surface area contributed by atoms with Crippen molar-refractivity contribution < 1.29 is 12.7 Å². The first-order valence-electron chi connectivity index (χ1n) is 7.62. The van der Waals surface area contributed by atoms with Crippen molar-refractivity contribution in [3.05, 3.63) is 71.1 Å². The Labute approximate surface area is 151 Å². The molecule has 0 saturated heterocycles. The molecule has 0 radical (unpaired) electrons. The number of nitrogens with one attached hydrogen (secondary N) is 2. The molecule has 0 atom stereocenters. The molecule has 2 aromatic carbocycles. The highest BCUT2D eigenvalue weighted by molar-refractivity contribution is 7.86. The molecule has 3 rings (SSSR count). The van der Waals surface area contributed by atoms with Gasteiger partial charge in [-0.15, -0.1) is 15.6 Å². The number of hydrogen-bond donors (Lipinski definition) is 2. The fourth-order valence-electron chi connectivity index (χ4n) is 2.19. The van der Waals surface area contributed by atoms with Crippen molar-refractivity contribution >= 4 is 37.8 Å². The molecule has 0 aliphatic rings. The van der Waals surface area contributed by atoms with E-state index < -0.39 is 10.1 Å². The molecule has 1 heterocycles. The number of anilines is 3. The minimum atomic E-state index is -3.88. The Balaban J connectivity index is 1.73. The second kappa shape index (κ2) is 7.26. The molecule has 0 aliphatic carbocycles. The topological polar surface area (TPSA) is 67.4 Å². The second-order valence-electron chi connectivity index (χ2n) is 5.56. The molecular weight excluding hydrogens is 356 g/mol. The van der Waals surface area contributed by atoms with Gasteiger partial charge in [0.1, 0.15) is 5.00 Å². The number of rotatable bonds is 6. The van der Waals surface area contributed by atoms with Gasteiger partial charge in [0.05, 0.1) is 10.6 Å². The first-order chi connectivity index (χ1) is 12.0. The van der Waals surface area contributed by atoms with Crippen molar-refractivity contribution in [2.45, 2.75) is 18.7 Å². The largest absolute Gasteiger partial charge is 0.353 e. The van der Waals surface area contributed by atoms with Gasteiger partial charge in [-0.05, 0) is 49.1 Å². The van der Waals surface area contributed by atoms with Gasteiger partial charge < -0.3 is 5.32 Å². The molecule has 7 heteroatoms. The van der Waals surface area contributed by atoms with Gasteiger partial charge >= 0.3 is 10.1 Å². The van der Waals surface area contributed by atoms with Gasteiger partial charge in [0.15, 0.2) is 0 Å². The van der Waals surface area contributed by atoms with Crippen LogP contribution < -0.4 is 10.8 Å². The summed E-state index contributed by atoms with van der Waals surface area (Å²) in [4.78, 5) is 0.107. The van der Waals surface area contributed by atoms with E-state index in [1.807, 2.05) is 49.6 Å². The lowest BCUT2D eigenvalue weighted by molar-refractivity contribution is 0.392. The fraction of sp³-hybridized carbons (Fsp3) is 0.111. The van der Waals surface area contributed by atoms with Gasteiger partial charge in [0.2, 0.25) is 0 Å². The van der Waals surface area contributed by atoms with Gasteiger partial charge in [0, 0.05) is 5.69 Å². The maximum atomic E-state index is 12.3. The summed E-state index contributed by atoms with van der Waals surface area (Å²) in [6, 6.07) is 16.2. The summed E-state index contributed by atoms with van der Waals surface area (Å²) in [6.45, 7) is 3.89. The first-order valence-corrected chi connectivity index (χ1v) is 9.91. The van der Waals surface area contributed by atoms with Gasteiger partial charge in [0.25, 0.3) is 0 Å². The normalized spacial score (nSPS) is 11.3. The SMILES string of the molecule is Cc1ccc(S(=O)(=O)ONc2sccc2Nc2ccccc2C)cc1. The second-order valence-corrected chi connectivity index (χ2v) is 8.02. The molecule has 0 amide bonds. The molecule has 0 spiro atoms. The Bertz CT molecular complexity index is 964. The smallest absolute Gasteiger partial charge is 0.317 e. The lowest BCUT2D eigenvalue weighted by Gasteiger charge is -2.11. The van der Waals surface area contributed by atoms with Crippen LogP contribution in [0.1, 0.15) is 11.1 Å². The summed E-state index contributed by atoms with van der Waals surface area (Å²) < 4.78 is 29.5. The third-order valence-electron chi connectivity index (χ3n) is 3.63. The number of thiophene rings is 1. The van der Waals surface area contributed by atoms with E-state index in [0.717, 1.165) is 22.5 Å². The maximum Gasteiger partial charge on any atom is 0.317 e. The standard InChI is InChI=1S/C18H18N2O3S2/c1-13-7-9-15(10-8-13)25(21,22)23-20-18-17(11-12-24-18)19-16-6-4-3-5-14(16)2/h3-12,19-20H,1-2H3. The number of aryl methyl sites for hydroxylation is 2. The van der Waals surface area contributed by atoms with Crippen LogP contribution >= 0.6 is 11.3 Å². The summed E-state index contributed by atoms with van der Waals surface area (Å²) in [5.41, 5.74) is 6.32. The Hall–Kier alpha value is -2.35. The van der Waals surface area contributed by atoms with E-state index >= 15 is 0 Å². The van der Waals surface area contributed by atoms with Crippen LogP contribution in [0.25, 0.3) is 0 Å². The first kappa shape index (κ1) is 17.5. The van der Waals surface area contributed by atoms with E-state index in [9.17, 15) is 8.42 Å². The highest BCUT2D eigenvalue weighted by Gasteiger charge is 2.17. The number of para-hydroxylation sites is 1. The highest BCUT2D eigenvalue weighted by atomic mass is 32.2. The molecule has 130 valence electrons. The average Bonchev–Trinajstić information content (AvgIpc) is 3.03. The number of benzene rings is 2. The van der Waals surface area contributed by atoms with Crippen LogP contribution in [0.15, 0.2) is 64.9 Å². The highest BCUT2D eigenvalue weighted by Crippen LogP contribution is 2.32. The van der Waals surface area contributed by atoms with E-state index in [-0.39, 0.29) is 4.90 Å². The predicted molar refractivity (Wildman–Crippen MR) is 102 cm³/mol. The summed E-state index contributed by atoms with van der Waals surface area (Å²) in [5.74, 6) is 0. The van der Waals surface area contributed by atoms with Crippen molar-refractivity contribution in [1.29, 1.82) is 0 Å². The van der Waals surface area contributed by atoms with Crippen LogP contribution in [0.3, 0.4) is 0 Å².